The SMILES string of the molecule is COc1ccc(CN(C)C(=O)CSc2ccc(S(=O)(=O)N3CCCCC3)cn2)cc1F. The fraction of sp³-hybridized carbons (Fsp3) is 0.429. The molecule has 7 nitrogen and oxygen atoms in total. The van der Waals surface area contributed by atoms with Crippen LogP contribution < -0.4 is 4.74 Å². The van der Waals surface area contributed by atoms with Gasteiger partial charge in [-0.15, -0.1) is 0 Å². The van der Waals surface area contributed by atoms with Crippen LogP contribution in [0.25, 0.3) is 0 Å². The number of rotatable bonds is 8. The Balaban J connectivity index is 1.54. The Kier molecular flexibility index (Phi) is 7.90. The van der Waals surface area contributed by atoms with Crippen LogP contribution >= 0.6 is 11.8 Å². The Hall–Kier alpha value is -2.17. The lowest BCUT2D eigenvalue weighted by Gasteiger charge is -2.25. The van der Waals surface area contributed by atoms with E-state index in [0.29, 0.717) is 23.7 Å². The number of sulfonamides is 1. The number of hydrogen-bond acceptors (Lipinski definition) is 6. The van der Waals surface area contributed by atoms with Gasteiger partial charge < -0.3 is 9.64 Å². The number of nitrogens with zero attached hydrogens (tertiary/aromatic N) is 3. The Morgan fingerprint density at radius 3 is 2.58 bits per heavy atom. The van der Waals surface area contributed by atoms with Crippen LogP contribution in [0.3, 0.4) is 0 Å². The molecule has 1 aliphatic heterocycles. The number of amides is 1. The second-order valence-corrected chi connectivity index (χ2v) is 10.2. The van der Waals surface area contributed by atoms with E-state index in [2.05, 4.69) is 4.98 Å². The molecule has 2 aromatic rings. The highest BCUT2D eigenvalue weighted by molar-refractivity contribution is 7.99. The van der Waals surface area contributed by atoms with Crippen LogP contribution in [0.1, 0.15) is 24.8 Å². The van der Waals surface area contributed by atoms with Crippen molar-refractivity contribution in [2.45, 2.75) is 35.7 Å². The first-order valence-corrected chi connectivity index (χ1v) is 12.4. The summed E-state index contributed by atoms with van der Waals surface area (Å²) in [6, 6.07) is 7.74. The molecule has 1 aliphatic rings. The van der Waals surface area contributed by atoms with Crippen LogP contribution in [0.4, 0.5) is 4.39 Å². The van der Waals surface area contributed by atoms with E-state index in [0.717, 1.165) is 19.3 Å². The maximum atomic E-state index is 13.8. The minimum atomic E-state index is -3.52. The van der Waals surface area contributed by atoms with E-state index in [1.54, 1.807) is 19.2 Å². The standard InChI is InChI=1S/C21H26FN3O4S2/c1-24(14-16-6-8-19(29-2)18(22)12-16)21(26)15-30-20-9-7-17(13-23-20)31(27,28)25-10-4-3-5-11-25/h6-9,12-13H,3-5,10-11,14-15H2,1-2H3. The van der Waals surface area contributed by atoms with Gasteiger partial charge >= 0.3 is 0 Å². The van der Waals surface area contributed by atoms with Crippen LogP contribution in [0.5, 0.6) is 5.75 Å². The number of hydrogen-bond donors (Lipinski definition) is 0. The van der Waals surface area contributed by atoms with Crippen molar-refractivity contribution in [1.82, 2.24) is 14.2 Å². The van der Waals surface area contributed by atoms with Crippen molar-refractivity contribution in [2.24, 2.45) is 0 Å². The topological polar surface area (TPSA) is 79.8 Å². The molecule has 1 amide bonds. The summed E-state index contributed by atoms with van der Waals surface area (Å²) in [6.45, 7) is 1.34. The first kappa shape index (κ1) is 23.5. The Bertz CT molecular complexity index is 1010. The number of ether oxygens (including phenoxy) is 1. The van der Waals surface area contributed by atoms with Gasteiger partial charge in [-0.3, -0.25) is 4.79 Å². The number of methoxy groups -OCH3 is 1. The van der Waals surface area contributed by atoms with Crippen molar-refractivity contribution in [3.05, 3.63) is 47.9 Å². The summed E-state index contributed by atoms with van der Waals surface area (Å²) in [5.74, 6) is -0.322. The van der Waals surface area contributed by atoms with E-state index >= 15 is 0 Å². The average Bonchev–Trinajstić information content (AvgIpc) is 2.78. The second kappa shape index (κ2) is 10.4. The Morgan fingerprint density at radius 2 is 1.97 bits per heavy atom. The average molecular weight is 468 g/mol. The summed E-state index contributed by atoms with van der Waals surface area (Å²) in [7, 11) is -0.477. The van der Waals surface area contributed by atoms with Gasteiger partial charge in [0.15, 0.2) is 11.6 Å². The largest absolute Gasteiger partial charge is 0.494 e. The van der Waals surface area contributed by atoms with E-state index in [1.165, 1.54) is 52.5 Å². The number of piperidine rings is 1. The van der Waals surface area contributed by atoms with Crippen molar-refractivity contribution >= 4 is 27.7 Å². The third kappa shape index (κ3) is 5.96. The highest BCUT2D eigenvalue weighted by Gasteiger charge is 2.26. The van der Waals surface area contributed by atoms with Crippen molar-refractivity contribution in [3.63, 3.8) is 0 Å². The fourth-order valence-corrected chi connectivity index (χ4v) is 5.52. The number of benzene rings is 1. The lowest BCUT2D eigenvalue weighted by atomic mass is 10.2. The normalized spacial score (nSPS) is 14.9. The number of pyridine rings is 1. The predicted octanol–water partition coefficient (Wildman–Crippen LogP) is 3.15. The molecule has 168 valence electrons. The highest BCUT2D eigenvalue weighted by Crippen LogP contribution is 2.23. The van der Waals surface area contributed by atoms with Gasteiger partial charge in [0, 0.05) is 32.9 Å². The number of carbonyl (C=O) groups excluding carboxylic acids is 1. The number of thioether (sulfide) groups is 1. The molecule has 0 unspecified atom stereocenters. The Labute approximate surface area is 186 Å². The molecular weight excluding hydrogens is 441 g/mol. The van der Waals surface area contributed by atoms with Crippen LogP contribution in [0, 0.1) is 5.82 Å². The molecule has 31 heavy (non-hydrogen) atoms. The first-order chi connectivity index (χ1) is 14.8. The maximum absolute atomic E-state index is 13.8. The zero-order valence-corrected chi connectivity index (χ0v) is 19.2. The maximum Gasteiger partial charge on any atom is 0.244 e. The summed E-state index contributed by atoms with van der Waals surface area (Å²) in [5.41, 5.74) is 0.657. The minimum absolute atomic E-state index is 0.139. The van der Waals surface area contributed by atoms with Gasteiger partial charge in [0.2, 0.25) is 15.9 Å². The summed E-state index contributed by atoms with van der Waals surface area (Å²) in [5, 5.41) is 0.565. The van der Waals surface area contributed by atoms with Crippen molar-refractivity contribution < 1.29 is 22.3 Å². The molecule has 0 bridgehead atoms. The molecule has 0 spiro atoms. The van der Waals surface area contributed by atoms with Gasteiger partial charge in [-0.05, 0) is 42.7 Å². The van der Waals surface area contributed by atoms with Crippen molar-refractivity contribution in [1.29, 1.82) is 0 Å². The minimum Gasteiger partial charge on any atom is -0.494 e. The van der Waals surface area contributed by atoms with Gasteiger partial charge in [0.05, 0.1) is 17.9 Å². The zero-order chi connectivity index (χ0) is 22.4. The molecule has 10 heteroatoms. The summed E-state index contributed by atoms with van der Waals surface area (Å²) < 4.78 is 45.6. The third-order valence-electron chi connectivity index (χ3n) is 5.07. The Morgan fingerprint density at radius 1 is 1.23 bits per heavy atom. The van der Waals surface area contributed by atoms with Gasteiger partial charge in [0.25, 0.3) is 0 Å². The third-order valence-corrected chi connectivity index (χ3v) is 7.88. The molecule has 2 heterocycles. The predicted molar refractivity (Wildman–Crippen MR) is 117 cm³/mol. The molecule has 0 aliphatic carbocycles. The van der Waals surface area contributed by atoms with Gasteiger partial charge in [-0.2, -0.15) is 4.31 Å². The van der Waals surface area contributed by atoms with Gasteiger partial charge in [-0.1, -0.05) is 24.2 Å². The molecule has 1 fully saturated rings. The molecule has 3 rings (SSSR count). The van der Waals surface area contributed by atoms with E-state index in [9.17, 15) is 17.6 Å². The smallest absolute Gasteiger partial charge is 0.244 e. The lowest BCUT2D eigenvalue weighted by Crippen LogP contribution is -2.35. The van der Waals surface area contributed by atoms with Crippen LogP contribution in [0.15, 0.2) is 46.5 Å². The summed E-state index contributed by atoms with van der Waals surface area (Å²) >= 11 is 1.23. The molecule has 1 saturated heterocycles. The highest BCUT2D eigenvalue weighted by atomic mass is 32.2. The summed E-state index contributed by atoms with van der Waals surface area (Å²) in [6.07, 6.45) is 4.15. The van der Waals surface area contributed by atoms with Gasteiger partial charge in [-0.25, -0.2) is 17.8 Å². The molecular formula is C21H26FN3O4S2. The molecule has 0 radical (unpaired) electrons. The van der Waals surface area contributed by atoms with Crippen LogP contribution in [0.2, 0.25) is 0 Å². The van der Waals surface area contributed by atoms with Crippen molar-refractivity contribution in [2.75, 3.05) is 33.0 Å². The molecule has 1 aromatic heterocycles. The number of halogens is 1. The van der Waals surface area contributed by atoms with E-state index in [-0.39, 0.29) is 28.8 Å². The zero-order valence-electron chi connectivity index (χ0n) is 17.6. The van der Waals surface area contributed by atoms with E-state index in [1.807, 2.05) is 0 Å². The van der Waals surface area contributed by atoms with Crippen LogP contribution in [-0.4, -0.2) is 61.5 Å². The van der Waals surface area contributed by atoms with E-state index in [4.69, 9.17) is 4.74 Å². The van der Waals surface area contributed by atoms with Crippen molar-refractivity contribution in [3.8, 4) is 5.75 Å². The molecule has 0 saturated carbocycles. The quantitative estimate of drug-likeness (QED) is 0.555. The van der Waals surface area contributed by atoms with Gasteiger partial charge in [0.1, 0.15) is 4.90 Å². The molecule has 0 N–H and O–H groups in total. The van der Waals surface area contributed by atoms with E-state index < -0.39 is 15.8 Å². The monoisotopic (exact) mass is 467 g/mol. The summed E-state index contributed by atoms with van der Waals surface area (Å²) in [4.78, 5) is 18.3. The fourth-order valence-electron chi connectivity index (χ4n) is 3.28. The first-order valence-electron chi connectivity index (χ1n) is 9.96. The number of aromatic nitrogens is 1. The van der Waals surface area contributed by atoms with Crippen LogP contribution in [-0.2, 0) is 21.4 Å². The number of carbonyl (C=O) groups is 1. The second-order valence-electron chi connectivity index (χ2n) is 7.30. The molecule has 1 aromatic carbocycles. The lowest BCUT2D eigenvalue weighted by molar-refractivity contribution is -0.127. The molecule has 0 atom stereocenters.